The summed E-state index contributed by atoms with van der Waals surface area (Å²) in [4.78, 5) is 12.8. The van der Waals surface area contributed by atoms with E-state index in [9.17, 15) is 4.79 Å². The van der Waals surface area contributed by atoms with Gasteiger partial charge in [0.1, 0.15) is 6.33 Å². The first-order chi connectivity index (χ1) is 5.77. The van der Waals surface area contributed by atoms with Gasteiger partial charge in [-0.15, -0.1) is 10.2 Å². The lowest BCUT2D eigenvalue weighted by atomic mass is 10.3. The summed E-state index contributed by atoms with van der Waals surface area (Å²) in [7, 11) is 0. The summed E-state index contributed by atoms with van der Waals surface area (Å²) in [5, 5.41) is 7.68. The highest BCUT2D eigenvalue weighted by Gasteiger charge is 2.18. The first-order valence-corrected chi connectivity index (χ1v) is 3.89. The molecule has 0 radical (unpaired) electrons. The number of hydrogen-bond donors (Lipinski definition) is 0. The third-order valence-electron chi connectivity index (χ3n) is 2.08. The first kappa shape index (κ1) is 7.27. The van der Waals surface area contributed by atoms with Gasteiger partial charge in [-0.05, 0) is 0 Å². The second-order valence-electron chi connectivity index (χ2n) is 2.88. The zero-order valence-corrected chi connectivity index (χ0v) is 6.90. The highest BCUT2D eigenvalue weighted by atomic mass is 16.2. The molecule has 0 unspecified atom stereocenters. The minimum Gasteiger partial charge on any atom is -0.334 e. The van der Waals surface area contributed by atoms with Gasteiger partial charge >= 0.3 is 0 Å². The Hall–Kier alpha value is -1.39. The van der Waals surface area contributed by atoms with Gasteiger partial charge in [-0.3, -0.25) is 4.79 Å². The van der Waals surface area contributed by atoms with Crippen molar-refractivity contribution >= 4 is 5.91 Å². The minimum absolute atomic E-state index is 0.101. The van der Waals surface area contributed by atoms with Crippen LogP contribution in [0.2, 0.25) is 0 Å². The van der Waals surface area contributed by atoms with E-state index in [4.69, 9.17) is 0 Å². The summed E-state index contributed by atoms with van der Waals surface area (Å²) in [6.45, 7) is 3.74. The number of carbonyl (C=O) groups is 1. The Morgan fingerprint density at radius 2 is 2.42 bits per heavy atom. The molecule has 5 nitrogen and oxygen atoms in total. The second kappa shape index (κ2) is 2.58. The van der Waals surface area contributed by atoms with E-state index >= 15 is 0 Å². The molecule has 0 aliphatic carbocycles. The van der Waals surface area contributed by atoms with Gasteiger partial charge in [0.25, 0.3) is 0 Å². The van der Waals surface area contributed by atoms with Crippen molar-refractivity contribution in [1.29, 1.82) is 0 Å². The fraction of sp³-hybridized carbons (Fsp3) is 0.571. The fourth-order valence-electron chi connectivity index (χ4n) is 1.34. The Labute approximate surface area is 70.0 Å². The molecule has 1 aromatic heterocycles. The van der Waals surface area contributed by atoms with Crippen molar-refractivity contribution in [3.05, 3.63) is 12.2 Å². The Bertz CT molecular complexity index is 306. The lowest BCUT2D eigenvalue weighted by Gasteiger charge is -2.25. The monoisotopic (exact) mass is 166 g/mol. The Morgan fingerprint density at radius 3 is 3.17 bits per heavy atom. The maximum Gasteiger partial charge on any atom is 0.219 e. The van der Waals surface area contributed by atoms with E-state index < -0.39 is 0 Å². The summed E-state index contributed by atoms with van der Waals surface area (Å²) in [6.07, 6.45) is 1.70. The molecule has 64 valence electrons. The third kappa shape index (κ3) is 1.07. The molecule has 0 N–H and O–H groups in total. The SMILES string of the molecule is CC(=O)N1CCn2cnnc2C1. The zero-order valence-electron chi connectivity index (χ0n) is 6.90. The van der Waals surface area contributed by atoms with E-state index in [2.05, 4.69) is 10.2 Å². The predicted octanol–water partition coefficient (Wildman–Crippen LogP) is -0.360. The Balaban J connectivity index is 2.20. The van der Waals surface area contributed by atoms with Crippen LogP contribution in [0.25, 0.3) is 0 Å². The van der Waals surface area contributed by atoms with Gasteiger partial charge in [0.15, 0.2) is 5.82 Å². The van der Waals surface area contributed by atoms with Gasteiger partial charge < -0.3 is 9.47 Å². The molecule has 1 amide bonds. The summed E-state index contributed by atoms with van der Waals surface area (Å²) >= 11 is 0. The molecule has 0 saturated carbocycles. The zero-order chi connectivity index (χ0) is 8.55. The van der Waals surface area contributed by atoms with Crippen molar-refractivity contribution < 1.29 is 4.79 Å². The van der Waals surface area contributed by atoms with Gasteiger partial charge in [0.2, 0.25) is 5.91 Å². The van der Waals surface area contributed by atoms with E-state index in [1.807, 2.05) is 4.57 Å². The molecule has 2 rings (SSSR count). The van der Waals surface area contributed by atoms with Crippen molar-refractivity contribution in [3.8, 4) is 0 Å². The van der Waals surface area contributed by atoms with E-state index in [0.717, 1.165) is 18.9 Å². The van der Waals surface area contributed by atoms with Crippen LogP contribution in [0.4, 0.5) is 0 Å². The van der Waals surface area contributed by atoms with E-state index in [0.29, 0.717) is 6.54 Å². The molecular formula is C7H10N4O. The average Bonchev–Trinajstić information content (AvgIpc) is 2.49. The molecule has 0 fully saturated rings. The van der Waals surface area contributed by atoms with Gasteiger partial charge in [-0.1, -0.05) is 0 Å². The summed E-state index contributed by atoms with van der Waals surface area (Å²) in [6, 6.07) is 0. The van der Waals surface area contributed by atoms with E-state index in [-0.39, 0.29) is 5.91 Å². The van der Waals surface area contributed by atoms with Crippen molar-refractivity contribution in [2.75, 3.05) is 6.54 Å². The number of nitrogens with zero attached hydrogens (tertiary/aromatic N) is 4. The largest absolute Gasteiger partial charge is 0.334 e. The minimum atomic E-state index is 0.101. The molecule has 12 heavy (non-hydrogen) atoms. The molecule has 1 aliphatic heterocycles. The summed E-state index contributed by atoms with van der Waals surface area (Å²) in [5.74, 6) is 0.973. The number of aromatic nitrogens is 3. The topological polar surface area (TPSA) is 51.0 Å². The van der Waals surface area contributed by atoms with Crippen LogP contribution < -0.4 is 0 Å². The number of fused-ring (bicyclic) bond motifs is 1. The Morgan fingerprint density at radius 1 is 1.58 bits per heavy atom. The summed E-state index contributed by atoms with van der Waals surface area (Å²) < 4.78 is 1.97. The lowest BCUT2D eigenvalue weighted by Crippen LogP contribution is -2.36. The molecule has 2 heterocycles. The van der Waals surface area contributed by atoms with Gasteiger partial charge in [-0.2, -0.15) is 0 Å². The number of rotatable bonds is 0. The number of amides is 1. The van der Waals surface area contributed by atoms with Crippen LogP contribution in [-0.2, 0) is 17.9 Å². The number of hydrogen-bond acceptors (Lipinski definition) is 3. The fourth-order valence-corrected chi connectivity index (χ4v) is 1.34. The lowest BCUT2D eigenvalue weighted by molar-refractivity contribution is -0.130. The third-order valence-corrected chi connectivity index (χ3v) is 2.08. The maximum atomic E-state index is 11.0. The second-order valence-corrected chi connectivity index (χ2v) is 2.88. The van der Waals surface area contributed by atoms with Crippen LogP contribution in [0.5, 0.6) is 0 Å². The van der Waals surface area contributed by atoms with Crippen LogP contribution >= 0.6 is 0 Å². The van der Waals surface area contributed by atoms with Gasteiger partial charge in [-0.25, -0.2) is 0 Å². The maximum absolute atomic E-state index is 11.0. The molecule has 0 saturated heterocycles. The molecule has 1 aromatic rings. The van der Waals surface area contributed by atoms with Crippen LogP contribution in [0.1, 0.15) is 12.7 Å². The Kier molecular flexibility index (Phi) is 1.56. The molecule has 0 atom stereocenters. The van der Waals surface area contributed by atoms with Gasteiger partial charge in [0.05, 0.1) is 6.54 Å². The van der Waals surface area contributed by atoms with Crippen LogP contribution in [0.3, 0.4) is 0 Å². The normalized spacial score (nSPS) is 15.9. The molecule has 5 heteroatoms. The molecular weight excluding hydrogens is 156 g/mol. The molecule has 1 aliphatic rings. The standard InChI is InChI=1S/C7H10N4O/c1-6(12)10-2-3-11-5-8-9-7(11)4-10/h5H,2-4H2,1H3. The van der Waals surface area contributed by atoms with Crippen LogP contribution in [-0.4, -0.2) is 32.1 Å². The van der Waals surface area contributed by atoms with Crippen molar-refractivity contribution in [1.82, 2.24) is 19.7 Å². The van der Waals surface area contributed by atoms with Crippen molar-refractivity contribution in [2.24, 2.45) is 0 Å². The molecule has 0 bridgehead atoms. The van der Waals surface area contributed by atoms with Crippen molar-refractivity contribution in [2.45, 2.75) is 20.0 Å². The van der Waals surface area contributed by atoms with Crippen LogP contribution in [0.15, 0.2) is 6.33 Å². The van der Waals surface area contributed by atoms with E-state index in [1.165, 1.54) is 0 Å². The van der Waals surface area contributed by atoms with E-state index in [1.54, 1.807) is 18.2 Å². The quantitative estimate of drug-likeness (QED) is 0.529. The van der Waals surface area contributed by atoms with Crippen LogP contribution in [0, 0.1) is 0 Å². The van der Waals surface area contributed by atoms with Gasteiger partial charge in [0, 0.05) is 20.0 Å². The van der Waals surface area contributed by atoms with Crippen molar-refractivity contribution in [3.63, 3.8) is 0 Å². The molecule has 0 spiro atoms. The smallest absolute Gasteiger partial charge is 0.219 e. The average molecular weight is 166 g/mol. The first-order valence-electron chi connectivity index (χ1n) is 3.89. The molecule has 0 aromatic carbocycles. The summed E-state index contributed by atoms with van der Waals surface area (Å²) in [5.41, 5.74) is 0. The predicted molar refractivity (Wildman–Crippen MR) is 41.1 cm³/mol. The highest BCUT2D eigenvalue weighted by Crippen LogP contribution is 2.08. The highest BCUT2D eigenvalue weighted by molar-refractivity contribution is 5.73. The number of carbonyl (C=O) groups excluding carboxylic acids is 1.